The molecule has 0 heterocycles. The number of hydrogen-bond donors (Lipinski definition) is 1. The molecule has 2 rings (SSSR count). The zero-order chi connectivity index (χ0) is 18.4. The van der Waals surface area contributed by atoms with Gasteiger partial charge in [-0.15, -0.1) is 11.8 Å². The highest BCUT2D eigenvalue weighted by atomic mass is 32.2. The fourth-order valence-corrected chi connectivity index (χ4v) is 3.20. The van der Waals surface area contributed by atoms with Crippen LogP contribution in [0.15, 0.2) is 29.2 Å². The van der Waals surface area contributed by atoms with Gasteiger partial charge < -0.3 is 10.1 Å². The van der Waals surface area contributed by atoms with E-state index in [0.29, 0.717) is 10.5 Å². The molecule has 0 spiro atoms. The van der Waals surface area contributed by atoms with Crippen molar-refractivity contribution in [3.8, 4) is 6.07 Å². The van der Waals surface area contributed by atoms with Crippen LogP contribution in [-0.4, -0.2) is 35.6 Å². The normalized spacial score (nSPS) is 15.6. The second-order valence-corrected chi connectivity index (χ2v) is 7.22. The summed E-state index contributed by atoms with van der Waals surface area (Å²) in [6.45, 7) is 2.71. The molecule has 1 atom stereocenters. The minimum atomic E-state index is -0.918. The number of nitrogens with one attached hydrogen (secondary N) is 1. The summed E-state index contributed by atoms with van der Waals surface area (Å²) in [5.41, 5.74) is -0.606. The van der Waals surface area contributed by atoms with E-state index in [1.54, 1.807) is 31.2 Å². The molecular weight excluding hydrogens is 340 g/mol. The van der Waals surface area contributed by atoms with Crippen molar-refractivity contribution in [1.29, 1.82) is 5.26 Å². The number of benzene rings is 1. The van der Waals surface area contributed by atoms with E-state index >= 15 is 0 Å². The minimum absolute atomic E-state index is 0.00316. The number of nitriles is 1. The molecule has 132 valence electrons. The van der Waals surface area contributed by atoms with Gasteiger partial charge in [-0.3, -0.25) is 9.59 Å². The van der Waals surface area contributed by atoms with Crippen molar-refractivity contribution in [2.45, 2.75) is 37.1 Å². The summed E-state index contributed by atoms with van der Waals surface area (Å²) in [5.74, 6) is -0.721. The van der Waals surface area contributed by atoms with Crippen molar-refractivity contribution in [1.82, 2.24) is 5.32 Å². The van der Waals surface area contributed by atoms with Gasteiger partial charge in [0, 0.05) is 4.90 Å². The predicted octanol–water partition coefficient (Wildman–Crippen LogP) is 2.33. The summed E-state index contributed by atoms with van der Waals surface area (Å²) in [6.07, 6.45) is 1.82. The molecule has 25 heavy (non-hydrogen) atoms. The summed E-state index contributed by atoms with van der Waals surface area (Å²) in [5, 5.41) is 11.9. The van der Waals surface area contributed by atoms with Crippen molar-refractivity contribution in [3.63, 3.8) is 0 Å². The fourth-order valence-electron chi connectivity index (χ4n) is 2.36. The molecule has 1 aromatic carbocycles. The Morgan fingerprint density at radius 1 is 1.36 bits per heavy atom. The first kappa shape index (κ1) is 19.0. The van der Waals surface area contributed by atoms with E-state index in [2.05, 4.69) is 11.4 Å². The van der Waals surface area contributed by atoms with Crippen LogP contribution in [0.3, 0.4) is 0 Å². The predicted molar refractivity (Wildman–Crippen MR) is 93.0 cm³/mol. The maximum absolute atomic E-state index is 12.2. The zero-order valence-corrected chi connectivity index (χ0v) is 15.0. The second-order valence-electron chi connectivity index (χ2n) is 6.20. The van der Waals surface area contributed by atoms with E-state index in [1.807, 2.05) is 0 Å². The van der Waals surface area contributed by atoms with Gasteiger partial charge in [0.05, 0.1) is 17.4 Å². The van der Waals surface area contributed by atoms with Gasteiger partial charge in [0.1, 0.15) is 11.3 Å². The highest BCUT2D eigenvalue weighted by molar-refractivity contribution is 8.00. The van der Waals surface area contributed by atoms with Gasteiger partial charge in [-0.05, 0) is 44.7 Å². The number of ketones is 1. The largest absolute Gasteiger partial charge is 0.452 e. The van der Waals surface area contributed by atoms with Gasteiger partial charge in [-0.25, -0.2) is 4.79 Å². The molecule has 0 aliphatic heterocycles. The summed E-state index contributed by atoms with van der Waals surface area (Å²) in [4.78, 5) is 36.0. The summed E-state index contributed by atoms with van der Waals surface area (Å²) in [6, 6.07) is 8.89. The zero-order valence-electron chi connectivity index (χ0n) is 14.2. The molecular formula is C18H20N2O4S. The third kappa shape index (κ3) is 5.33. The van der Waals surface area contributed by atoms with Gasteiger partial charge >= 0.3 is 5.97 Å². The Morgan fingerprint density at radius 3 is 2.64 bits per heavy atom. The average molecular weight is 360 g/mol. The van der Waals surface area contributed by atoms with E-state index in [0.717, 1.165) is 12.8 Å². The van der Waals surface area contributed by atoms with E-state index in [9.17, 15) is 19.6 Å². The van der Waals surface area contributed by atoms with Crippen LogP contribution in [0.4, 0.5) is 0 Å². The molecule has 0 unspecified atom stereocenters. The number of Topliss-reactive ketones (excluding diaryl/α,β-unsaturated/α-hetero) is 1. The first-order valence-electron chi connectivity index (χ1n) is 7.96. The average Bonchev–Trinajstić information content (AvgIpc) is 3.43. The topological polar surface area (TPSA) is 96.3 Å². The van der Waals surface area contributed by atoms with Gasteiger partial charge in [0.25, 0.3) is 5.91 Å². The highest BCUT2D eigenvalue weighted by Crippen LogP contribution is 2.39. The Kier molecular flexibility index (Phi) is 6.21. The summed E-state index contributed by atoms with van der Waals surface area (Å²) in [7, 11) is 0. The number of thioether (sulfide) groups is 1. The number of carbonyl (C=O) groups is 3. The van der Waals surface area contributed by atoms with Crippen LogP contribution in [-0.2, 0) is 14.3 Å². The lowest BCUT2D eigenvalue weighted by Gasteiger charge is -2.22. The van der Waals surface area contributed by atoms with E-state index in [4.69, 9.17) is 4.74 Å². The monoisotopic (exact) mass is 360 g/mol. The summed E-state index contributed by atoms with van der Waals surface area (Å²) < 4.78 is 5.07. The molecule has 6 nitrogen and oxygen atoms in total. The SMILES string of the molecule is CC(=O)CSc1ccccc1C(=O)OCC(=O)N[C@@](C)(C#N)C1CC1. The molecule has 1 saturated carbocycles. The van der Waals surface area contributed by atoms with Crippen LogP contribution in [0.25, 0.3) is 0 Å². The van der Waals surface area contributed by atoms with E-state index in [1.165, 1.54) is 18.7 Å². The number of ether oxygens (including phenoxy) is 1. The van der Waals surface area contributed by atoms with Gasteiger partial charge in [-0.2, -0.15) is 5.26 Å². The Bertz CT molecular complexity index is 724. The first-order chi connectivity index (χ1) is 11.9. The standard InChI is InChI=1S/C18H20N2O4S/c1-12(21)10-25-15-6-4-3-5-14(15)17(23)24-9-16(22)20-18(2,11-19)13-7-8-13/h3-6,13H,7-10H2,1-2H3,(H,20,22)/t18-/m0/s1. The number of esters is 1. The molecule has 1 aromatic rings. The van der Waals surface area contributed by atoms with Crippen molar-refractivity contribution >= 4 is 29.4 Å². The lowest BCUT2D eigenvalue weighted by atomic mass is 9.98. The Hall–Kier alpha value is -2.33. The smallest absolute Gasteiger partial charge is 0.339 e. The number of hydrogen-bond acceptors (Lipinski definition) is 6. The van der Waals surface area contributed by atoms with Gasteiger partial charge in [0.15, 0.2) is 6.61 Å². The quantitative estimate of drug-likeness (QED) is 0.565. The lowest BCUT2D eigenvalue weighted by Crippen LogP contribution is -2.48. The molecule has 1 N–H and O–H groups in total. The molecule has 7 heteroatoms. The molecule has 0 saturated heterocycles. The molecule has 1 aliphatic rings. The second kappa shape index (κ2) is 8.17. The first-order valence-corrected chi connectivity index (χ1v) is 8.95. The van der Waals surface area contributed by atoms with Crippen LogP contribution in [0.1, 0.15) is 37.0 Å². The highest BCUT2D eigenvalue weighted by Gasteiger charge is 2.43. The Labute approximate surface area is 150 Å². The number of nitrogens with zero attached hydrogens (tertiary/aromatic N) is 1. The van der Waals surface area contributed by atoms with Crippen LogP contribution < -0.4 is 5.32 Å². The van der Waals surface area contributed by atoms with Crippen LogP contribution in [0.2, 0.25) is 0 Å². The number of amides is 1. The maximum atomic E-state index is 12.2. The van der Waals surface area contributed by atoms with E-state index in [-0.39, 0.29) is 17.5 Å². The molecule has 0 bridgehead atoms. The lowest BCUT2D eigenvalue weighted by molar-refractivity contribution is -0.125. The number of rotatable bonds is 8. The summed E-state index contributed by atoms with van der Waals surface area (Å²) >= 11 is 1.25. The van der Waals surface area contributed by atoms with Crippen LogP contribution in [0.5, 0.6) is 0 Å². The molecule has 1 amide bonds. The Balaban J connectivity index is 1.93. The number of carbonyl (C=O) groups excluding carboxylic acids is 3. The van der Waals surface area contributed by atoms with Gasteiger partial charge in [-0.1, -0.05) is 12.1 Å². The van der Waals surface area contributed by atoms with Crippen LogP contribution >= 0.6 is 11.8 Å². The Morgan fingerprint density at radius 2 is 2.04 bits per heavy atom. The van der Waals surface area contributed by atoms with Crippen molar-refractivity contribution in [2.75, 3.05) is 12.4 Å². The third-order valence-electron chi connectivity index (χ3n) is 3.90. The van der Waals surface area contributed by atoms with Crippen molar-refractivity contribution in [2.24, 2.45) is 5.92 Å². The van der Waals surface area contributed by atoms with Gasteiger partial charge in [0.2, 0.25) is 0 Å². The van der Waals surface area contributed by atoms with Crippen molar-refractivity contribution in [3.05, 3.63) is 29.8 Å². The minimum Gasteiger partial charge on any atom is -0.452 e. The molecule has 1 aliphatic carbocycles. The van der Waals surface area contributed by atoms with Crippen molar-refractivity contribution < 1.29 is 19.1 Å². The molecule has 0 aromatic heterocycles. The molecule has 0 radical (unpaired) electrons. The fraction of sp³-hybridized carbons (Fsp3) is 0.444. The third-order valence-corrected chi connectivity index (χ3v) is 5.12. The van der Waals surface area contributed by atoms with Crippen LogP contribution in [0, 0.1) is 17.2 Å². The molecule has 1 fully saturated rings. The maximum Gasteiger partial charge on any atom is 0.339 e. The van der Waals surface area contributed by atoms with E-state index < -0.39 is 24.0 Å².